The number of hydrogen-bond donors (Lipinski definition) is 0. The largest absolute Gasteiger partial charge is 0.473 e. The van der Waals surface area contributed by atoms with Gasteiger partial charge in [-0.3, -0.25) is 10.1 Å². The van der Waals surface area contributed by atoms with Crippen LogP contribution in [-0.2, 0) is 5.60 Å². The predicted octanol–water partition coefficient (Wildman–Crippen LogP) is 5.25. The Kier molecular flexibility index (Phi) is 3.81. The van der Waals surface area contributed by atoms with Crippen molar-refractivity contribution < 1.29 is 9.66 Å². The Morgan fingerprint density at radius 1 is 0.923 bits per heavy atom. The molecule has 1 aliphatic rings. The zero-order chi connectivity index (χ0) is 18.1. The van der Waals surface area contributed by atoms with Gasteiger partial charge in [-0.25, -0.2) is 0 Å². The van der Waals surface area contributed by atoms with E-state index in [1.165, 1.54) is 0 Å². The molecule has 1 heterocycles. The molecule has 0 N–H and O–H groups in total. The minimum atomic E-state index is -0.767. The van der Waals surface area contributed by atoms with Crippen molar-refractivity contribution in [1.29, 1.82) is 0 Å². The van der Waals surface area contributed by atoms with Gasteiger partial charge in [0.05, 0.1) is 4.92 Å². The van der Waals surface area contributed by atoms with E-state index in [0.717, 1.165) is 22.3 Å². The second-order valence-electron chi connectivity index (χ2n) is 6.34. The molecule has 0 radical (unpaired) electrons. The molecule has 26 heavy (non-hydrogen) atoms. The summed E-state index contributed by atoms with van der Waals surface area (Å²) in [5.74, 6) is 0.672. The zero-order valence-corrected chi connectivity index (χ0v) is 14.3. The van der Waals surface area contributed by atoms with Crippen molar-refractivity contribution in [3.8, 4) is 5.75 Å². The normalized spacial score (nSPS) is 14.3. The number of fused-ring (bicyclic) bond motifs is 1. The second-order valence-corrected chi connectivity index (χ2v) is 6.34. The lowest BCUT2D eigenvalue weighted by molar-refractivity contribution is -0.384. The number of rotatable bonds is 3. The summed E-state index contributed by atoms with van der Waals surface area (Å²) >= 11 is 0. The third-order valence-corrected chi connectivity index (χ3v) is 4.66. The SMILES string of the molecule is Cc1cc([N+](=O)[O-])cc2c1OC(c1ccccc1)(c1ccccc1)C=C2. The lowest BCUT2D eigenvalue weighted by atomic mass is 9.83. The number of nitro groups is 1. The maximum absolute atomic E-state index is 11.1. The van der Waals surface area contributed by atoms with Crippen LogP contribution in [0, 0.1) is 17.0 Å². The van der Waals surface area contributed by atoms with E-state index >= 15 is 0 Å². The van der Waals surface area contributed by atoms with E-state index in [-0.39, 0.29) is 10.6 Å². The smallest absolute Gasteiger partial charge is 0.270 e. The van der Waals surface area contributed by atoms with Gasteiger partial charge in [-0.1, -0.05) is 66.7 Å². The molecule has 4 heteroatoms. The summed E-state index contributed by atoms with van der Waals surface area (Å²) in [4.78, 5) is 10.8. The van der Waals surface area contributed by atoms with Crippen LogP contribution in [0.25, 0.3) is 6.08 Å². The highest BCUT2D eigenvalue weighted by Crippen LogP contribution is 2.44. The van der Waals surface area contributed by atoms with Gasteiger partial charge in [0.2, 0.25) is 0 Å². The molecular weight excluding hydrogens is 326 g/mol. The van der Waals surface area contributed by atoms with Gasteiger partial charge in [-0.05, 0) is 18.6 Å². The molecule has 0 aliphatic carbocycles. The summed E-state index contributed by atoms with van der Waals surface area (Å²) in [6.07, 6.45) is 3.89. The number of hydrogen-bond acceptors (Lipinski definition) is 3. The molecule has 0 aromatic heterocycles. The second kappa shape index (κ2) is 6.15. The van der Waals surface area contributed by atoms with Gasteiger partial charge in [-0.2, -0.15) is 0 Å². The van der Waals surface area contributed by atoms with Crippen LogP contribution in [0.4, 0.5) is 5.69 Å². The standard InChI is InChI=1S/C22H17NO3/c1-16-14-20(23(24)25)15-17-12-13-22(26-21(16)17,18-8-4-2-5-9-18)19-10-6-3-7-11-19/h2-15H,1H3. The van der Waals surface area contributed by atoms with Gasteiger partial charge >= 0.3 is 0 Å². The molecule has 0 unspecified atom stereocenters. The van der Waals surface area contributed by atoms with Crippen LogP contribution < -0.4 is 4.74 Å². The molecule has 1 aliphatic heterocycles. The van der Waals surface area contributed by atoms with Crippen molar-refractivity contribution in [2.24, 2.45) is 0 Å². The van der Waals surface area contributed by atoms with E-state index in [9.17, 15) is 10.1 Å². The van der Waals surface area contributed by atoms with Gasteiger partial charge in [0.15, 0.2) is 5.60 Å². The Bertz CT molecular complexity index is 955. The van der Waals surface area contributed by atoms with Crippen LogP contribution >= 0.6 is 0 Å². The van der Waals surface area contributed by atoms with Gasteiger partial charge in [0, 0.05) is 28.8 Å². The summed E-state index contributed by atoms with van der Waals surface area (Å²) in [5, 5.41) is 11.1. The Hall–Kier alpha value is -3.40. The van der Waals surface area contributed by atoms with Gasteiger partial charge < -0.3 is 4.74 Å². The minimum absolute atomic E-state index is 0.0708. The van der Waals surface area contributed by atoms with Crippen LogP contribution in [0.1, 0.15) is 22.3 Å². The molecule has 0 bridgehead atoms. The van der Waals surface area contributed by atoms with Crippen molar-refractivity contribution in [3.05, 3.63) is 111 Å². The fraction of sp³-hybridized carbons (Fsp3) is 0.0909. The minimum Gasteiger partial charge on any atom is -0.473 e. The number of nitrogens with zero attached hydrogens (tertiary/aromatic N) is 1. The maximum atomic E-state index is 11.1. The fourth-order valence-corrected chi connectivity index (χ4v) is 3.40. The molecule has 0 fully saturated rings. The van der Waals surface area contributed by atoms with Gasteiger partial charge in [-0.15, -0.1) is 0 Å². The summed E-state index contributed by atoms with van der Waals surface area (Å²) < 4.78 is 6.55. The van der Waals surface area contributed by atoms with Crippen LogP contribution in [0.15, 0.2) is 78.9 Å². The van der Waals surface area contributed by atoms with Gasteiger partial charge in [0.25, 0.3) is 5.69 Å². The van der Waals surface area contributed by atoms with Crippen molar-refractivity contribution in [3.63, 3.8) is 0 Å². The molecule has 0 spiro atoms. The third-order valence-electron chi connectivity index (χ3n) is 4.66. The van der Waals surface area contributed by atoms with Crippen LogP contribution in [0.5, 0.6) is 5.75 Å². The van der Waals surface area contributed by atoms with Crippen molar-refractivity contribution in [1.82, 2.24) is 0 Å². The highest BCUT2D eigenvalue weighted by molar-refractivity contribution is 5.68. The molecule has 128 valence electrons. The number of benzene rings is 3. The Morgan fingerprint density at radius 2 is 1.50 bits per heavy atom. The van der Waals surface area contributed by atoms with E-state index < -0.39 is 5.60 Å². The van der Waals surface area contributed by atoms with Crippen molar-refractivity contribution in [2.75, 3.05) is 0 Å². The lowest BCUT2D eigenvalue weighted by Gasteiger charge is -2.36. The number of non-ortho nitro benzene ring substituents is 1. The van der Waals surface area contributed by atoms with E-state index in [0.29, 0.717) is 5.75 Å². The summed E-state index contributed by atoms with van der Waals surface area (Å²) in [6.45, 7) is 1.84. The average molecular weight is 343 g/mol. The Labute approximate surface area is 151 Å². The molecule has 0 saturated heterocycles. The molecule has 0 atom stereocenters. The first-order valence-corrected chi connectivity index (χ1v) is 8.38. The number of ether oxygens (including phenoxy) is 1. The molecule has 0 saturated carbocycles. The van der Waals surface area contributed by atoms with Gasteiger partial charge in [0.1, 0.15) is 5.75 Å². The first kappa shape index (κ1) is 16.1. The van der Waals surface area contributed by atoms with E-state index in [2.05, 4.69) is 0 Å². The number of aryl methyl sites for hydroxylation is 1. The Morgan fingerprint density at radius 3 is 2.04 bits per heavy atom. The average Bonchev–Trinajstić information content (AvgIpc) is 2.69. The monoisotopic (exact) mass is 343 g/mol. The molecule has 3 aromatic carbocycles. The number of nitro benzene ring substituents is 1. The molecule has 3 aromatic rings. The first-order chi connectivity index (χ1) is 12.6. The highest BCUT2D eigenvalue weighted by atomic mass is 16.6. The summed E-state index contributed by atoms with van der Waals surface area (Å²) in [7, 11) is 0. The quantitative estimate of drug-likeness (QED) is 0.482. The van der Waals surface area contributed by atoms with E-state index in [4.69, 9.17) is 4.74 Å². The molecule has 0 amide bonds. The van der Waals surface area contributed by atoms with Crippen LogP contribution in [0.3, 0.4) is 0 Å². The molecule has 4 rings (SSSR count). The summed E-state index contributed by atoms with van der Waals surface area (Å²) in [6, 6.07) is 23.1. The fourth-order valence-electron chi connectivity index (χ4n) is 3.40. The molecule has 4 nitrogen and oxygen atoms in total. The predicted molar refractivity (Wildman–Crippen MR) is 101 cm³/mol. The van der Waals surface area contributed by atoms with Crippen LogP contribution in [0.2, 0.25) is 0 Å². The molecular formula is C22H17NO3. The van der Waals surface area contributed by atoms with Crippen molar-refractivity contribution >= 4 is 11.8 Å². The van der Waals surface area contributed by atoms with E-state index in [1.54, 1.807) is 12.1 Å². The van der Waals surface area contributed by atoms with E-state index in [1.807, 2.05) is 79.7 Å². The van der Waals surface area contributed by atoms with Crippen molar-refractivity contribution in [2.45, 2.75) is 12.5 Å². The third kappa shape index (κ3) is 2.56. The first-order valence-electron chi connectivity index (χ1n) is 8.38. The maximum Gasteiger partial charge on any atom is 0.270 e. The highest BCUT2D eigenvalue weighted by Gasteiger charge is 2.37. The summed E-state index contributed by atoms with van der Waals surface area (Å²) in [5.41, 5.74) is 2.78. The zero-order valence-electron chi connectivity index (χ0n) is 14.3. The Balaban J connectivity index is 1.92. The topological polar surface area (TPSA) is 52.4 Å². The van der Waals surface area contributed by atoms with Crippen LogP contribution in [-0.4, -0.2) is 4.92 Å². The lowest BCUT2D eigenvalue weighted by Crippen LogP contribution is -2.34.